The van der Waals surface area contributed by atoms with Crippen LogP contribution in [0.3, 0.4) is 0 Å². The van der Waals surface area contributed by atoms with E-state index in [1.807, 2.05) is 34.1 Å². The molecule has 25 heavy (non-hydrogen) atoms. The van der Waals surface area contributed by atoms with Crippen molar-refractivity contribution in [1.82, 2.24) is 4.90 Å². The fourth-order valence-electron chi connectivity index (χ4n) is 3.94. The van der Waals surface area contributed by atoms with Gasteiger partial charge >= 0.3 is 0 Å². The first-order chi connectivity index (χ1) is 12.1. The molecule has 1 unspecified atom stereocenters. The summed E-state index contributed by atoms with van der Waals surface area (Å²) in [6.07, 6.45) is 2.79. The average Bonchev–Trinajstić information content (AvgIpc) is 3.25. The maximum Gasteiger partial charge on any atom is 0.227 e. The van der Waals surface area contributed by atoms with Gasteiger partial charge in [-0.25, -0.2) is 0 Å². The lowest BCUT2D eigenvalue weighted by Crippen LogP contribution is -2.39. The van der Waals surface area contributed by atoms with E-state index < -0.39 is 0 Å². The van der Waals surface area contributed by atoms with E-state index >= 15 is 0 Å². The third kappa shape index (κ3) is 2.97. The molecule has 2 amide bonds. The van der Waals surface area contributed by atoms with Crippen molar-refractivity contribution in [3.05, 3.63) is 51.7 Å². The van der Waals surface area contributed by atoms with Gasteiger partial charge in [0.2, 0.25) is 11.8 Å². The van der Waals surface area contributed by atoms with Gasteiger partial charge < -0.3 is 9.80 Å². The van der Waals surface area contributed by atoms with Crippen LogP contribution in [0.5, 0.6) is 0 Å². The molecular formula is C20H22N2O2S. The van der Waals surface area contributed by atoms with E-state index in [4.69, 9.17) is 0 Å². The molecule has 130 valence electrons. The number of carbonyl (C=O) groups is 2. The topological polar surface area (TPSA) is 40.6 Å². The Hall–Kier alpha value is -2.14. The number of rotatable bonds is 3. The first kappa shape index (κ1) is 16.3. The van der Waals surface area contributed by atoms with Crippen LogP contribution in [0.4, 0.5) is 5.69 Å². The highest BCUT2D eigenvalue weighted by molar-refractivity contribution is 7.10. The SMILES string of the molecule is CC1c2ccsc2CCN1C(=O)Cc1ccccc1N1CCCC1=O. The van der Waals surface area contributed by atoms with E-state index in [1.54, 1.807) is 11.3 Å². The van der Waals surface area contributed by atoms with Crippen LogP contribution in [-0.4, -0.2) is 29.8 Å². The monoisotopic (exact) mass is 354 g/mol. The van der Waals surface area contributed by atoms with Crippen molar-refractivity contribution in [3.63, 3.8) is 0 Å². The second kappa shape index (κ2) is 6.64. The summed E-state index contributed by atoms with van der Waals surface area (Å²) in [7, 11) is 0. The average molecular weight is 354 g/mol. The summed E-state index contributed by atoms with van der Waals surface area (Å²) in [6.45, 7) is 3.64. The van der Waals surface area contributed by atoms with Crippen molar-refractivity contribution in [1.29, 1.82) is 0 Å². The van der Waals surface area contributed by atoms with Gasteiger partial charge in [-0.1, -0.05) is 18.2 Å². The number of hydrogen-bond acceptors (Lipinski definition) is 3. The molecule has 0 saturated carbocycles. The molecule has 1 atom stereocenters. The van der Waals surface area contributed by atoms with Gasteiger partial charge in [-0.2, -0.15) is 0 Å². The zero-order chi connectivity index (χ0) is 17.4. The van der Waals surface area contributed by atoms with Crippen LogP contribution in [0.2, 0.25) is 0 Å². The number of amides is 2. The third-order valence-electron chi connectivity index (χ3n) is 5.30. The molecule has 5 heteroatoms. The van der Waals surface area contributed by atoms with Crippen molar-refractivity contribution in [2.24, 2.45) is 0 Å². The molecule has 1 aromatic carbocycles. The molecule has 1 fully saturated rings. The predicted octanol–water partition coefficient (Wildman–Crippen LogP) is 3.56. The maximum absolute atomic E-state index is 13.0. The van der Waals surface area contributed by atoms with Gasteiger partial charge in [0.05, 0.1) is 12.5 Å². The molecule has 2 aliphatic heterocycles. The van der Waals surface area contributed by atoms with E-state index in [9.17, 15) is 9.59 Å². The summed E-state index contributed by atoms with van der Waals surface area (Å²) >= 11 is 1.78. The van der Waals surface area contributed by atoms with Crippen molar-refractivity contribution in [3.8, 4) is 0 Å². The van der Waals surface area contributed by atoms with E-state index in [-0.39, 0.29) is 17.9 Å². The second-order valence-corrected chi connectivity index (χ2v) is 7.77. The first-order valence-electron chi connectivity index (χ1n) is 8.89. The van der Waals surface area contributed by atoms with Gasteiger partial charge in [-0.15, -0.1) is 11.3 Å². The lowest BCUT2D eigenvalue weighted by molar-refractivity contribution is -0.133. The molecule has 1 aromatic heterocycles. The van der Waals surface area contributed by atoms with Crippen LogP contribution in [0.15, 0.2) is 35.7 Å². The Kier molecular flexibility index (Phi) is 4.34. The highest BCUT2D eigenvalue weighted by atomic mass is 32.1. The van der Waals surface area contributed by atoms with E-state index in [0.29, 0.717) is 12.8 Å². The number of benzene rings is 1. The van der Waals surface area contributed by atoms with Crippen molar-refractivity contribution >= 4 is 28.8 Å². The molecule has 0 aliphatic carbocycles. The molecular weight excluding hydrogens is 332 g/mol. The van der Waals surface area contributed by atoms with Gasteiger partial charge in [0, 0.05) is 30.1 Å². The number of anilines is 1. The number of thiophene rings is 1. The van der Waals surface area contributed by atoms with Crippen molar-refractivity contribution < 1.29 is 9.59 Å². The molecule has 0 radical (unpaired) electrons. The summed E-state index contributed by atoms with van der Waals surface area (Å²) in [5, 5.41) is 2.11. The summed E-state index contributed by atoms with van der Waals surface area (Å²) in [5.41, 5.74) is 3.14. The summed E-state index contributed by atoms with van der Waals surface area (Å²) < 4.78 is 0. The number of fused-ring (bicyclic) bond motifs is 1. The van der Waals surface area contributed by atoms with Crippen LogP contribution in [0.1, 0.15) is 41.8 Å². The van der Waals surface area contributed by atoms with Crippen LogP contribution < -0.4 is 4.90 Å². The smallest absolute Gasteiger partial charge is 0.227 e. The lowest BCUT2D eigenvalue weighted by atomic mass is 10.00. The standard InChI is InChI=1S/C20H22N2O2S/c1-14-16-9-12-25-18(16)8-11-21(14)20(24)13-15-5-2-3-6-17(15)22-10-4-7-19(22)23/h2-3,5-6,9,12,14H,4,7-8,10-11,13H2,1H3. The molecule has 3 heterocycles. The predicted molar refractivity (Wildman–Crippen MR) is 99.9 cm³/mol. The summed E-state index contributed by atoms with van der Waals surface area (Å²) in [6, 6.07) is 10.1. The second-order valence-electron chi connectivity index (χ2n) is 6.77. The van der Waals surface area contributed by atoms with Gasteiger partial charge in [0.25, 0.3) is 0 Å². The lowest BCUT2D eigenvalue weighted by Gasteiger charge is -2.34. The molecule has 1 saturated heterocycles. The van der Waals surface area contributed by atoms with Crippen molar-refractivity contribution in [2.75, 3.05) is 18.0 Å². The van der Waals surface area contributed by atoms with Gasteiger partial charge in [-0.3, -0.25) is 9.59 Å². The Bertz CT molecular complexity index is 814. The Morgan fingerprint density at radius 2 is 2.04 bits per heavy atom. The largest absolute Gasteiger partial charge is 0.335 e. The fourth-order valence-corrected chi connectivity index (χ4v) is 4.90. The minimum atomic E-state index is 0.128. The number of hydrogen-bond donors (Lipinski definition) is 0. The minimum absolute atomic E-state index is 0.128. The van der Waals surface area contributed by atoms with Crippen LogP contribution in [0, 0.1) is 0 Å². The summed E-state index contributed by atoms with van der Waals surface area (Å²) in [5.74, 6) is 0.303. The van der Waals surface area contributed by atoms with Gasteiger partial charge in [-0.05, 0) is 48.4 Å². The molecule has 0 bridgehead atoms. The molecule has 2 aromatic rings. The normalized spacial score (nSPS) is 20.0. The Balaban J connectivity index is 1.55. The molecule has 4 nitrogen and oxygen atoms in total. The number of carbonyl (C=O) groups excluding carboxylic acids is 2. The molecule has 0 N–H and O–H groups in total. The number of nitrogens with zero attached hydrogens (tertiary/aromatic N) is 2. The van der Waals surface area contributed by atoms with E-state index in [2.05, 4.69) is 18.4 Å². The summed E-state index contributed by atoms with van der Waals surface area (Å²) in [4.78, 5) is 30.3. The van der Waals surface area contributed by atoms with Gasteiger partial charge in [0.1, 0.15) is 0 Å². The highest BCUT2D eigenvalue weighted by Crippen LogP contribution is 2.34. The van der Waals surface area contributed by atoms with Crippen LogP contribution in [-0.2, 0) is 22.4 Å². The van der Waals surface area contributed by atoms with Crippen molar-refractivity contribution in [2.45, 2.75) is 38.6 Å². The third-order valence-corrected chi connectivity index (χ3v) is 6.29. The highest BCUT2D eigenvalue weighted by Gasteiger charge is 2.29. The van der Waals surface area contributed by atoms with Gasteiger partial charge in [0.15, 0.2) is 0 Å². The Morgan fingerprint density at radius 3 is 2.84 bits per heavy atom. The zero-order valence-electron chi connectivity index (χ0n) is 14.4. The number of para-hydroxylation sites is 1. The first-order valence-corrected chi connectivity index (χ1v) is 9.77. The maximum atomic E-state index is 13.0. The molecule has 2 aliphatic rings. The minimum Gasteiger partial charge on any atom is -0.335 e. The van der Waals surface area contributed by atoms with Crippen LogP contribution in [0.25, 0.3) is 0 Å². The zero-order valence-corrected chi connectivity index (χ0v) is 15.2. The molecule has 0 spiro atoms. The Labute approximate surface area is 152 Å². The molecule has 4 rings (SSSR count). The van der Waals surface area contributed by atoms with E-state index in [1.165, 1.54) is 10.4 Å². The quantitative estimate of drug-likeness (QED) is 0.845. The Morgan fingerprint density at radius 1 is 1.20 bits per heavy atom. The van der Waals surface area contributed by atoms with E-state index in [0.717, 1.165) is 37.2 Å². The fraction of sp³-hybridized carbons (Fsp3) is 0.400. The van der Waals surface area contributed by atoms with Crippen LogP contribution >= 0.6 is 11.3 Å².